The standard InChI is InChI=1S/C66H130NO8P/c1-6-8-10-12-14-16-18-20-22-24-26-28-30-31-32-33-34-35-37-38-40-42-44-46-48-50-52-54-56-58-65(68)72-62-64(63-74-76(70,71)73-61-60-67(3,4)5)75-66(69)59-57-55-53-51-49-47-45-43-41-39-36-29-27-25-23-21-19-17-15-13-11-9-7-2/h25,27,64H,6-24,26,28-63H2,1-5H3/b27-25-. The summed E-state index contributed by atoms with van der Waals surface area (Å²) in [6, 6.07) is 0. The second-order valence-electron chi connectivity index (χ2n) is 24.2. The summed E-state index contributed by atoms with van der Waals surface area (Å²) in [4.78, 5) is 38.0. The van der Waals surface area contributed by atoms with Crippen molar-refractivity contribution in [1.82, 2.24) is 0 Å². The molecule has 0 amide bonds. The molecule has 452 valence electrons. The van der Waals surface area contributed by atoms with E-state index in [1.165, 1.54) is 276 Å². The maximum Gasteiger partial charge on any atom is 0.306 e. The Hall–Kier alpha value is -1.25. The zero-order chi connectivity index (χ0) is 55.6. The van der Waals surface area contributed by atoms with Crippen LogP contribution < -0.4 is 4.89 Å². The van der Waals surface area contributed by atoms with Crippen molar-refractivity contribution in [2.24, 2.45) is 0 Å². The molecule has 0 heterocycles. The van der Waals surface area contributed by atoms with Gasteiger partial charge in [-0.2, -0.15) is 0 Å². The van der Waals surface area contributed by atoms with Gasteiger partial charge in [-0.15, -0.1) is 0 Å². The molecule has 0 fully saturated rings. The quantitative estimate of drug-likeness (QED) is 0.0195. The minimum absolute atomic E-state index is 0.0268. The molecule has 0 saturated heterocycles. The highest BCUT2D eigenvalue weighted by atomic mass is 31.2. The van der Waals surface area contributed by atoms with Crippen LogP contribution in [0.25, 0.3) is 0 Å². The molecule has 0 saturated carbocycles. The summed E-state index contributed by atoms with van der Waals surface area (Å²) in [6.07, 6.45) is 70.0. The van der Waals surface area contributed by atoms with Crippen molar-refractivity contribution in [3.8, 4) is 0 Å². The topological polar surface area (TPSA) is 111 Å². The molecule has 0 radical (unpaired) electrons. The molecule has 9 nitrogen and oxygen atoms in total. The Morgan fingerprint density at radius 1 is 0.395 bits per heavy atom. The van der Waals surface area contributed by atoms with E-state index >= 15 is 0 Å². The Morgan fingerprint density at radius 3 is 0.974 bits per heavy atom. The molecule has 10 heteroatoms. The van der Waals surface area contributed by atoms with Crippen LogP contribution in [0.2, 0.25) is 0 Å². The Kier molecular flexibility index (Phi) is 57.4. The minimum Gasteiger partial charge on any atom is -0.756 e. The van der Waals surface area contributed by atoms with Gasteiger partial charge in [0.05, 0.1) is 27.7 Å². The van der Waals surface area contributed by atoms with Crippen molar-refractivity contribution in [3.63, 3.8) is 0 Å². The van der Waals surface area contributed by atoms with Crippen LogP contribution in [0.3, 0.4) is 0 Å². The fraction of sp³-hybridized carbons (Fsp3) is 0.939. The number of quaternary nitrogens is 1. The Bertz CT molecular complexity index is 1290. The number of esters is 2. The smallest absolute Gasteiger partial charge is 0.306 e. The average Bonchev–Trinajstić information content (AvgIpc) is 3.38. The monoisotopic (exact) mass is 1100 g/mol. The summed E-state index contributed by atoms with van der Waals surface area (Å²) in [6.45, 7) is 4.32. The van der Waals surface area contributed by atoms with E-state index in [9.17, 15) is 19.0 Å². The van der Waals surface area contributed by atoms with Gasteiger partial charge in [0.25, 0.3) is 7.82 Å². The fourth-order valence-corrected chi connectivity index (χ4v) is 10.9. The molecule has 0 N–H and O–H groups in total. The number of carbonyl (C=O) groups excluding carboxylic acids is 2. The van der Waals surface area contributed by atoms with Gasteiger partial charge in [0.1, 0.15) is 19.8 Å². The first-order chi connectivity index (χ1) is 37.0. The Labute approximate surface area is 473 Å². The number of rotatable bonds is 63. The summed E-state index contributed by atoms with van der Waals surface area (Å²) in [5.41, 5.74) is 0. The summed E-state index contributed by atoms with van der Waals surface area (Å²) < 4.78 is 34.3. The number of phosphoric acid groups is 1. The number of hydrogen-bond acceptors (Lipinski definition) is 8. The summed E-state index contributed by atoms with van der Waals surface area (Å²) in [5.74, 6) is -0.811. The van der Waals surface area contributed by atoms with Crippen LogP contribution in [-0.2, 0) is 32.7 Å². The lowest BCUT2D eigenvalue weighted by Crippen LogP contribution is -2.37. The van der Waals surface area contributed by atoms with Crippen molar-refractivity contribution < 1.29 is 42.1 Å². The van der Waals surface area contributed by atoms with Crippen molar-refractivity contribution in [1.29, 1.82) is 0 Å². The normalized spacial score (nSPS) is 13.2. The predicted octanol–water partition coefficient (Wildman–Crippen LogP) is 20.5. The third-order valence-electron chi connectivity index (χ3n) is 15.3. The van der Waals surface area contributed by atoms with Gasteiger partial charge in [0.15, 0.2) is 6.10 Å². The van der Waals surface area contributed by atoms with Crippen LogP contribution in [0.1, 0.15) is 348 Å². The SMILES string of the molecule is CCCCCCCCCC/C=C\CCCCCCCCCCCCCC(=O)OC(COC(=O)CCCCCCCCCCCCCCCCCCCCCCCCCCCCCCC)COP(=O)([O-])OCC[N+](C)(C)C. The van der Waals surface area contributed by atoms with E-state index in [0.717, 1.165) is 38.5 Å². The largest absolute Gasteiger partial charge is 0.756 e. The van der Waals surface area contributed by atoms with Gasteiger partial charge in [-0.25, -0.2) is 0 Å². The van der Waals surface area contributed by atoms with E-state index in [2.05, 4.69) is 26.0 Å². The van der Waals surface area contributed by atoms with E-state index in [0.29, 0.717) is 17.4 Å². The number of ether oxygens (including phenoxy) is 2. The molecule has 2 unspecified atom stereocenters. The number of hydrogen-bond donors (Lipinski definition) is 0. The second kappa shape index (κ2) is 58.4. The Balaban J connectivity index is 4.01. The maximum atomic E-state index is 12.8. The highest BCUT2D eigenvalue weighted by molar-refractivity contribution is 7.45. The van der Waals surface area contributed by atoms with Crippen LogP contribution in [0.4, 0.5) is 0 Å². The van der Waals surface area contributed by atoms with E-state index in [1.807, 2.05) is 21.1 Å². The molecule has 0 aliphatic rings. The molecule has 0 spiro atoms. The first-order valence-corrected chi connectivity index (χ1v) is 34.9. The van der Waals surface area contributed by atoms with Gasteiger partial charge < -0.3 is 27.9 Å². The summed E-state index contributed by atoms with van der Waals surface area (Å²) in [7, 11) is 1.19. The van der Waals surface area contributed by atoms with E-state index in [1.54, 1.807) is 0 Å². The third kappa shape index (κ3) is 62.0. The van der Waals surface area contributed by atoms with Gasteiger partial charge >= 0.3 is 11.9 Å². The van der Waals surface area contributed by atoms with E-state index in [-0.39, 0.29) is 32.0 Å². The molecular formula is C66H130NO8P. The molecule has 76 heavy (non-hydrogen) atoms. The number of carbonyl (C=O) groups is 2. The Morgan fingerprint density at radius 2 is 0.671 bits per heavy atom. The fourth-order valence-electron chi connectivity index (χ4n) is 10.1. The molecular weight excluding hydrogens is 966 g/mol. The lowest BCUT2D eigenvalue weighted by atomic mass is 10.0. The summed E-state index contributed by atoms with van der Waals surface area (Å²) >= 11 is 0. The van der Waals surface area contributed by atoms with Gasteiger partial charge in [0, 0.05) is 12.8 Å². The van der Waals surface area contributed by atoms with Crippen molar-refractivity contribution >= 4 is 19.8 Å². The van der Waals surface area contributed by atoms with Crippen molar-refractivity contribution in [2.45, 2.75) is 354 Å². The van der Waals surface area contributed by atoms with Gasteiger partial charge in [-0.1, -0.05) is 309 Å². The van der Waals surface area contributed by atoms with Crippen molar-refractivity contribution in [2.75, 3.05) is 47.5 Å². The molecule has 0 rings (SSSR count). The first kappa shape index (κ1) is 74.8. The number of unbranched alkanes of at least 4 members (excludes halogenated alkanes) is 47. The molecule has 2 atom stereocenters. The maximum absolute atomic E-state index is 12.8. The van der Waals surface area contributed by atoms with Crippen LogP contribution >= 0.6 is 7.82 Å². The zero-order valence-electron chi connectivity index (χ0n) is 51.5. The molecule has 0 aromatic heterocycles. The first-order valence-electron chi connectivity index (χ1n) is 33.4. The van der Waals surface area contributed by atoms with Crippen LogP contribution in [0, 0.1) is 0 Å². The predicted molar refractivity (Wildman–Crippen MR) is 324 cm³/mol. The minimum atomic E-state index is -4.63. The average molecular weight is 1100 g/mol. The van der Waals surface area contributed by atoms with Crippen molar-refractivity contribution in [3.05, 3.63) is 12.2 Å². The van der Waals surface area contributed by atoms with Crippen LogP contribution in [0.15, 0.2) is 12.2 Å². The van der Waals surface area contributed by atoms with Gasteiger partial charge in [-0.05, 0) is 38.5 Å². The highest BCUT2D eigenvalue weighted by Gasteiger charge is 2.22. The molecule has 0 aromatic carbocycles. The molecule has 0 aromatic rings. The highest BCUT2D eigenvalue weighted by Crippen LogP contribution is 2.38. The lowest BCUT2D eigenvalue weighted by molar-refractivity contribution is -0.870. The number of likely N-dealkylation sites (N-methyl/N-ethyl adjacent to an activating group) is 1. The van der Waals surface area contributed by atoms with Gasteiger partial charge in [0.2, 0.25) is 0 Å². The molecule has 0 aliphatic heterocycles. The lowest BCUT2D eigenvalue weighted by Gasteiger charge is -2.28. The summed E-state index contributed by atoms with van der Waals surface area (Å²) in [5, 5.41) is 0. The third-order valence-corrected chi connectivity index (χ3v) is 16.2. The van der Waals surface area contributed by atoms with Crippen LogP contribution in [-0.4, -0.2) is 70.0 Å². The number of phosphoric ester groups is 1. The number of allylic oxidation sites excluding steroid dienone is 2. The molecule has 0 aliphatic carbocycles. The van der Waals surface area contributed by atoms with E-state index < -0.39 is 26.5 Å². The van der Waals surface area contributed by atoms with Gasteiger partial charge in [-0.3, -0.25) is 14.2 Å². The molecule has 0 bridgehead atoms. The zero-order valence-corrected chi connectivity index (χ0v) is 52.4. The van der Waals surface area contributed by atoms with E-state index in [4.69, 9.17) is 18.5 Å². The second-order valence-corrected chi connectivity index (χ2v) is 25.6. The number of nitrogens with zero attached hydrogens (tertiary/aromatic N) is 1. The van der Waals surface area contributed by atoms with Crippen LogP contribution in [0.5, 0.6) is 0 Å².